The summed E-state index contributed by atoms with van der Waals surface area (Å²) in [4.78, 5) is 24.6. The summed E-state index contributed by atoms with van der Waals surface area (Å²) in [5, 5.41) is 29.2. The summed E-state index contributed by atoms with van der Waals surface area (Å²) >= 11 is 12.7. The van der Waals surface area contributed by atoms with Gasteiger partial charge >= 0.3 is 6.09 Å². The van der Waals surface area contributed by atoms with E-state index in [1.54, 1.807) is 54.6 Å². The van der Waals surface area contributed by atoms with Crippen molar-refractivity contribution in [3.63, 3.8) is 0 Å². The molecule has 0 saturated heterocycles. The number of benzene rings is 2. The van der Waals surface area contributed by atoms with Gasteiger partial charge in [0.1, 0.15) is 6.33 Å². The van der Waals surface area contributed by atoms with Crippen molar-refractivity contribution >= 4 is 47.0 Å². The van der Waals surface area contributed by atoms with Crippen molar-refractivity contribution in [3.05, 3.63) is 82.2 Å². The molecule has 1 unspecified atom stereocenters. The Morgan fingerprint density at radius 2 is 1.85 bits per heavy atom. The molecule has 2 aromatic heterocycles. The summed E-state index contributed by atoms with van der Waals surface area (Å²) < 4.78 is 6.10. The number of halogens is 2. The molecular formula is C27H27Cl2N9O3. The molecule has 0 aliphatic heterocycles. The first-order valence-corrected chi connectivity index (χ1v) is 13.2. The second-order valence-electron chi connectivity index (χ2n) is 9.08. The van der Waals surface area contributed by atoms with E-state index in [2.05, 4.69) is 46.4 Å². The fourth-order valence-electron chi connectivity index (χ4n) is 3.79. The highest BCUT2D eigenvalue weighted by atomic mass is 35.5. The number of tetrazole rings is 1. The van der Waals surface area contributed by atoms with Crippen LogP contribution >= 0.6 is 23.2 Å². The average molecular weight is 596 g/mol. The molecule has 1 atom stereocenters. The molecule has 0 saturated carbocycles. The van der Waals surface area contributed by atoms with Crippen LogP contribution < -0.4 is 16.0 Å². The van der Waals surface area contributed by atoms with Crippen LogP contribution in [0.25, 0.3) is 23.0 Å². The number of methoxy groups -OCH3 is 1. The predicted octanol–water partition coefficient (Wildman–Crippen LogP) is 4.47. The van der Waals surface area contributed by atoms with Gasteiger partial charge in [-0.25, -0.2) is 4.79 Å². The lowest BCUT2D eigenvalue weighted by Gasteiger charge is -2.21. The van der Waals surface area contributed by atoms with Gasteiger partial charge in [0.05, 0.1) is 24.5 Å². The Morgan fingerprint density at radius 1 is 1.07 bits per heavy atom. The third-order valence-electron chi connectivity index (χ3n) is 5.81. The lowest BCUT2D eigenvalue weighted by atomic mass is 10.0. The number of amides is 2. The van der Waals surface area contributed by atoms with Crippen LogP contribution in [0.2, 0.25) is 10.2 Å². The van der Waals surface area contributed by atoms with Crippen LogP contribution in [0.3, 0.4) is 0 Å². The highest BCUT2D eigenvalue weighted by Crippen LogP contribution is 2.27. The quantitative estimate of drug-likeness (QED) is 0.226. The van der Waals surface area contributed by atoms with E-state index in [1.807, 2.05) is 13.8 Å². The molecule has 41 heavy (non-hydrogen) atoms. The molecule has 2 aromatic carbocycles. The summed E-state index contributed by atoms with van der Waals surface area (Å²) in [6, 6.07) is 13.6. The monoisotopic (exact) mass is 595 g/mol. The Labute approximate surface area is 246 Å². The van der Waals surface area contributed by atoms with Crippen molar-refractivity contribution < 1.29 is 14.3 Å². The molecule has 3 N–H and O–H groups in total. The van der Waals surface area contributed by atoms with Gasteiger partial charge in [-0.2, -0.15) is 4.68 Å². The van der Waals surface area contributed by atoms with Gasteiger partial charge < -0.3 is 15.4 Å². The van der Waals surface area contributed by atoms with Gasteiger partial charge in [0.2, 0.25) is 5.91 Å². The van der Waals surface area contributed by atoms with Gasteiger partial charge in [-0.1, -0.05) is 49.2 Å². The van der Waals surface area contributed by atoms with Gasteiger partial charge in [0, 0.05) is 46.1 Å². The van der Waals surface area contributed by atoms with Crippen LogP contribution in [0.4, 0.5) is 10.5 Å². The van der Waals surface area contributed by atoms with E-state index in [1.165, 1.54) is 24.2 Å². The summed E-state index contributed by atoms with van der Waals surface area (Å²) in [6.45, 7) is 4.39. The number of nitrogens with one attached hydrogen (secondary N) is 3. The van der Waals surface area contributed by atoms with Crippen molar-refractivity contribution in [1.29, 1.82) is 0 Å². The minimum absolute atomic E-state index is 0.151. The Balaban J connectivity index is 1.57. The third kappa shape index (κ3) is 8.07. The van der Waals surface area contributed by atoms with Gasteiger partial charge in [0.15, 0.2) is 5.15 Å². The third-order valence-corrected chi connectivity index (χ3v) is 6.34. The molecule has 12 nitrogen and oxygen atoms in total. The SMILES string of the molecule is COC(=O)Nc1ccc(-c2cc(C(CNC(C)C)NC(=O)/C=C/c3cc(Cl)ccc3-n3cnnn3)c(Cl)nn2)cc1. The molecule has 4 aromatic rings. The maximum Gasteiger partial charge on any atom is 0.411 e. The number of carbonyl (C=O) groups is 2. The van der Waals surface area contributed by atoms with E-state index in [0.29, 0.717) is 39.8 Å². The van der Waals surface area contributed by atoms with Crippen LogP contribution in [-0.2, 0) is 9.53 Å². The number of hydrogen-bond acceptors (Lipinski definition) is 9. The predicted molar refractivity (Wildman–Crippen MR) is 156 cm³/mol. The van der Waals surface area contributed by atoms with Crippen molar-refractivity contribution in [2.24, 2.45) is 0 Å². The first kappa shape index (κ1) is 29.6. The standard InChI is InChI=1S/C27H27Cl2N9O3/c1-16(2)30-14-23(33-25(39)11-6-18-12-19(28)7-10-24(18)38-15-31-36-37-38)21-13-22(34-35-26(21)29)17-4-8-20(9-5-17)32-27(40)41-3/h4-13,15-16,23,30H,14H2,1-3H3,(H,32,40)(H,33,39)/b11-6+. The number of ether oxygens (including phenoxy) is 1. The van der Waals surface area contributed by atoms with Crippen LogP contribution in [0.5, 0.6) is 0 Å². The van der Waals surface area contributed by atoms with E-state index in [9.17, 15) is 9.59 Å². The topological polar surface area (TPSA) is 149 Å². The molecule has 0 aliphatic rings. The van der Waals surface area contributed by atoms with E-state index < -0.39 is 12.1 Å². The minimum Gasteiger partial charge on any atom is -0.453 e. The van der Waals surface area contributed by atoms with E-state index in [-0.39, 0.29) is 17.1 Å². The number of hydrogen-bond donors (Lipinski definition) is 3. The first-order chi connectivity index (χ1) is 19.7. The van der Waals surface area contributed by atoms with Crippen LogP contribution in [0.15, 0.2) is 60.9 Å². The summed E-state index contributed by atoms with van der Waals surface area (Å²) in [5.74, 6) is -0.365. The zero-order valence-corrected chi connectivity index (χ0v) is 23.9. The molecular weight excluding hydrogens is 569 g/mol. The van der Waals surface area contributed by atoms with Crippen LogP contribution in [0.1, 0.15) is 31.0 Å². The highest BCUT2D eigenvalue weighted by molar-refractivity contribution is 6.31. The van der Waals surface area contributed by atoms with Gasteiger partial charge in [0.25, 0.3) is 0 Å². The smallest absolute Gasteiger partial charge is 0.411 e. The number of carbonyl (C=O) groups excluding carboxylic acids is 2. The number of aromatic nitrogens is 6. The van der Waals surface area contributed by atoms with Crippen LogP contribution in [0, 0.1) is 0 Å². The molecule has 0 radical (unpaired) electrons. The summed E-state index contributed by atoms with van der Waals surface area (Å²) in [6.07, 6.45) is 3.91. The van der Waals surface area contributed by atoms with Crippen molar-refractivity contribution in [2.45, 2.75) is 25.9 Å². The van der Waals surface area contributed by atoms with Crippen molar-refractivity contribution in [3.8, 4) is 16.9 Å². The molecule has 0 fully saturated rings. The maximum atomic E-state index is 13.1. The second-order valence-corrected chi connectivity index (χ2v) is 9.88. The van der Waals surface area contributed by atoms with Gasteiger partial charge in [-0.15, -0.1) is 15.3 Å². The van der Waals surface area contributed by atoms with Crippen molar-refractivity contribution in [1.82, 2.24) is 41.0 Å². The highest BCUT2D eigenvalue weighted by Gasteiger charge is 2.20. The Bertz CT molecular complexity index is 1530. The molecule has 2 amide bonds. The molecule has 0 spiro atoms. The number of rotatable bonds is 10. The molecule has 212 valence electrons. The average Bonchev–Trinajstić information content (AvgIpc) is 3.50. The Kier molecular flexibility index (Phi) is 9.95. The molecule has 2 heterocycles. The van der Waals surface area contributed by atoms with Gasteiger partial charge in [-0.05, 0) is 52.9 Å². The molecule has 14 heteroatoms. The lowest BCUT2D eigenvalue weighted by molar-refractivity contribution is -0.117. The first-order valence-electron chi connectivity index (χ1n) is 12.5. The molecule has 0 aliphatic carbocycles. The summed E-state index contributed by atoms with van der Waals surface area (Å²) in [5.41, 5.74) is 3.72. The minimum atomic E-state index is -0.571. The largest absolute Gasteiger partial charge is 0.453 e. The second kappa shape index (κ2) is 13.8. The molecule has 0 bridgehead atoms. The zero-order chi connectivity index (χ0) is 29.4. The lowest BCUT2D eigenvalue weighted by Crippen LogP contribution is -2.37. The van der Waals surface area contributed by atoms with Gasteiger partial charge in [-0.3, -0.25) is 10.1 Å². The Morgan fingerprint density at radius 3 is 2.54 bits per heavy atom. The fourth-order valence-corrected chi connectivity index (χ4v) is 4.19. The maximum absolute atomic E-state index is 13.1. The van der Waals surface area contributed by atoms with E-state index >= 15 is 0 Å². The van der Waals surface area contributed by atoms with E-state index in [4.69, 9.17) is 23.2 Å². The van der Waals surface area contributed by atoms with Crippen molar-refractivity contribution in [2.75, 3.05) is 19.0 Å². The molecule has 4 rings (SSSR count). The summed E-state index contributed by atoms with van der Waals surface area (Å²) in [7, 11) is 1.29. The van der Waals surface area contributed by atoms with Crippen LogP contribution in [-0.4, -0.2) is 62.1 Å². The normalized spacial score (nSPS) is 12.0. The zero-order valence-electron chi connectivity index (χ0n) is 22.4. The van der Waals surface area contributed by atoms with E-state index in [0.717, 1.165) is 5.56 Å². The number of anilines is 1. The Hall–Kier alpha value is -4.39. The number of nitrogens with zero attached hydrogens (tertiary/aromatic N) is 6. The fraction of sp³-hybridized carbons (Fsp3) is 0.222.